The van der Waals surface area contributed by atoms with Crippen LogP contribution in [0, 0.1) is 0 Å². The lowest BCUT2D eigenvalue weighted by atomic mass is 10.2. The zero-order valence-electron chi connectivity index (χ0n) is 8.93. The van der Waals surface area contributed by atoms with Gasteiger partial charge in [-0.1, -0.05) is 15.9 Å². The van der Waals surface area contributed by atoms with Crippen molar-refractivity contribution < 1.29 is 9.47 Å². The van der Waals surface area contributed by atoms with Crippen molar-refractivity contribution in [1.29, 1.82) is 0 Å². The van der Waals surface area contributed by atoms with E-state index >= 15 is 0 Å². The van der Waals surface area contributed by atoms with E-state index in [1.807, 2.05) is 19.1 Å². The third kappa shape index (κ3) is 4.35. The molecule has 1 rings (SSSR count). The average Bonchev–Trinajstić information content (AvgIpc) is 2.26. The molecule has 0 aliphatic rings. The van der Waals surface area contributed by atoms with E-state index in [4.69, 9.17) is 9.47 Å². The second kappa shape index (κ2) is 7.69. The quantitative estimate of drug-likeness (QED) is 0.501. The normalized spacial score (nSPS) is 10.5. The van der Waals surface area contributed by atoms with E-state index in [2.05, 4.69) is 47.8 Å². The third-order valence-electron chi connectivity index (χ3n) is 1.89. The lowest BCUT2D eigenvalue weighted by molar-refractivity contribution is 0.109. The second-order valence-corrected chi connectivity index (χ2v) is 5.34. The van der Waals surface area contributed by atoms with Crippen LogP contribution in [0.2, 0.25) is 0 Å². The predicted octanol–water partition coefficient (Wildman–Crippen LogP) is 4.52. The molecule has 0 saturated carbocycles. The van der Waals surface area contributed by atoms with Gasteiger partial charge in [0.05, 0.1) is 15.6 Å². The fraction of sp³-hybridized carbons (Fsp3) is 0.455. The summed E-state index contributed by atoms with van der Waals surface area (Å²) < 4.78 is 12.8. The molecule has 0 aromatic heterocycles. The Morgan fingerprint density at radius 2 is 1.75 bits per heavy atom. The highest BCUT2D eigenvalue weighted by Crippen LogP contribution is 2.35. The highest BCUT2D eigenvalue weighted by atomic mass is 79.9. The molecule has 0 spiro atoms. The van der Waals surface area contributed by atoms with Crippen molar-refractivity contribution in [2.75, 3.05) is 19.8 Å². The van der Waals surface area contributed by atoms with Crippen LogP contribution in [0.15, 0.2) is 21.1 Å². The van der Waals surface area contributed by atoms with Crippen molar-refractivity contribution in [1.82, 2.24) is 0 Å². The highest BCUT2D eigenvalue weighted by Gasteiger charge is 2.08. The Kier molecular flexibility index (Phi) is 6.96. The van der Waals surface area contributed by atoms with Gasteiger partial charge in [0.15, 0.2) is 0 Å². The molecule has 0 aliphatic carbocycles. The van der Waals surface area contributed by atoms with Crippen LogP contribution < -0.4 is 4.74 Å². The first-order valence-electron chi connectivity index (χ1n) is 4.93. The molecule has 1 aromatic rings. The predicted molar refractivity (Wildman–Crippen MR) is 76.5 cm³/mol. The van der Waals surface area contributed by atoms with Gasteiger partial charge in [0.1, 0.15) is 12.4 Å². The highest BCUT2D eigenvalue weighted by molar-refractivity contribution is 9.11. The minimum Gasteiger partial charge on any atom is -0.489 e. The van der Waals surface area contributed by atoms with Gasteiger partial charge in [0.2, 0.25) is 0 Å². The van der Waals surface area contributed by atoms with Crippen LogP contribution in [0.4, 0.5) is 0 Å². The van der Waals surface area contributed by atoms with Crippen LogP contribution in [0.25, 0.3) is 0 Å². The Morgan fingerprint density at radius 1 is 1.12 bits per heavy atom. The number of halogens is 3. The molecule has 0 unspecified atom stereocenters. The Labute approximate surface area is 121 Å². The van der Waals surface area contributed by atoms with E-state index in [0.29, 0.717) is 19.8 Å². The minimum absolute atomic E-state index is 0.554. The van der Waals surface area contributed by atoms with Crippen LogP contribution in [-0.2, 0) is 10.1 Å². The maximum atomic E-state index is 5.64. The van der Waals surface area contributed by atoms with Crippen LogP contribution in [-0.4, -0.2) is 19.8 Å². The molecule has 0 N–H and O–H groups in total. The van der Waals surface area contributed by atoms with Gasteiger partial charge in [-0.3, -0.25) is 0 Å². The number of rotatable bonds is 6. The first-order valence-corrected chi connectivity index (χ1v) is 7.64. The summed E-state index contributed by atoms with van der Waals surface area (Å²) in [5, 5.41) is 0.823. The van der Waals surface area contributed by atoms with Crippen molar-refractivity contribution in [3.63, 3.8) is 0 Å². The minimum atomic E-state index is 0.554. The van der Waals surface area contributed by atoms with Crippen LogP contribution in [0.3, 0.4) is 0 Å². The molecule has 0 fully saturated rings. The number of ether oxygens (including phenoxy) is 2. The summed E-state index contributed by atoms with van der Waals surface area (Å²) in [6, 6.07) is 4.07. The Hall–Kier alpha value is 0.420. The van der Waals surface area contributed by atoms with Crippen LogP contribution >= 0.6 is 47.8 Å². The Balaban J connectivity index is 2.65. The molecule has 90 valence electrons. The molecule has 0 heterocycles. The summed E-state index contributed by atoms with van der Waals surface area (Å²) in [7, 11) is 0. The van der Waals surface area contributed by atoms with Gasteiger partial charge in [0.25, 0.3) is 0 Å². The van der Waals surface area contributed by atoms with Crippen molar-refractivity contribution >= 4 is 47.8 Å². The fourth-order valence-corrected chi connectivity index (χ4v) is 3.01. The first-order chi connectivity index (χ1) is 7.69. The van der Waals surface area contributed by atoms with E-state index in [0.717, 1.165) is 20.0 Å². The molecule has 0 saturated heterocycles. The summed E-state index contributed by atoms with van der Waals surface area (Å²) in [4.78, 5) is 0. The van der Waals surface area contributed by atoms with Crippen molar-refractivity contribution in [3.8, 4) is 5.75 Å². The van der Waals surface area contributed by atoms with Gasteiger partial charge in [-0.05, 0) is 56.5 Å². The standard InChI is InChI=1S/C11H13Br3O2/c1-2-15-3-4-16-11-9(13)5-8(7-12)6-10(11)14/h5-6H,2-4,7H2,1H3. The van der Waals surface area contributed by atoms with Gasteiger partial charge in [-0.2, -0.15) is 0 Å². The van der Waals surface area contributed by atoms with E-state index in [1.54, 1.807) is 0 Å². The molecule has 0 amide bonds. The van der Waals surface area contributed by atoms with Gasteiger partial charge in [0, 0.05) is 11.9 Å². The maximum Gasteiger partial charge on any atom is 0.147 e. The molecule has 0 bridgehead atoms. The average molecular weight is 417 g/mol. The molecule has 0 radical (unpaired) electrons. The molecular formula is C11H13Br3O2. The molecule has 0 aliphatic heterocycles. The molecule has 1 aromatic carbocycles. The second-order valence-electron chi connectivity index (χ2n) is 3.07. The van der Waals surface area contributed by atoms with E-state index in [9.17, 15) is 0 Å². The molecule has 0 atom stereocenters. The zero-order valence-corrected chi connectivity index (χ0v) is 13.7. The Bertz CT molecular complexity index is 319. The van der Waals surface area contributed by atoms with Gasteiger partial charge < -0.3 is 9.47 Å². The smallest absolute Gasteiger partial charge is 0.147 e. The summed E-state index contributed by atoms with van der Waals surface area (Å²) in [5.74, 6) is 0.824. The van der Waals surface area contributed by atoms with Gasteiger partial charge >= 0.3 is 0 Å². The molecule has 5 heteroatoms. The topological polar surface area (TPSA) is 18.5 Å². The number of hydrogen-bond acceptors (Lipinski definition) is 2. The van der Waals surface area contributed by atoms with E-state index < -0.39 is 0 Å². The molecule has 2 nitrogen and oxygen atoms in total. The van der Waals surface area contributed by atoms with Crippen LogP contribution in [0.5, 0.6) is 5.75 Å². The summed E-state index contributed by atoms with van der Waals surface area (Å²) in [6.07, 6.45) is 0. The SMILES string of the molecule is CCOCCOc1c(Br)cc(CBr)cc1Br. The number of benzene rings is 1. The van der Waals surface area contributed by atoms with Gasteiger partial charge in [-0.15, -0.1) is 0 Å². The zero-order chi connectivity index (χ0) is 12.0. The Morgan fingerprint density at radius 3 is 2.25 bits per heavy atom. The number of hydrogen-bond donors (Lipinski definition) is 0. The first kappa shape index (κ1) is 14.5. The van der Waals surface area contributed by atoms with E-state index in [1.165, 1.54) is 5.56 Å². The summed E-state index contributed by atoms with van der Waals surface area (Å²) in [6.45, 7) is 3.85. The molecule has 16 heavy (non-hydrogen) atoms. The largest absolute Gasteiger partial charge is 0.489 e. The fourth-order valence-electron chi connectivity index (χ4n) is 1.17. The maximum absolute atomic E-state index is 5.64. The monoisotopic (exact) mass is 414 g/mol. The van der Waals surface area contributed by atoms with Crippen molar-refractivity contribution in [3.05, 3.63) is 26.6 Å². The van der Waals surface area contributed by atoms with Crippen molar-refractivity contribution in [2.45, 2.75) is 12.3 Å². The lowest BCUT2D eigenvalue weighted by Gasteiger charge is -2.11. The molecular weight excluding hydrogens is 404 g/mol. The van der Waals surface area contributed by atoms with Crippen LogP contribution in [0.1, 0.15) is 12.5 Å². The lowest BCUT2D eigenvalue weighted by Crippen LogP contribution is -2.07. The van der Waals surface area contributed by atoms with Crippen molar-refractivity contribution in [2.24, 2.45) is 0 Å². The third-order valence-corrected chi connectivity index (χ3v) is 3.72. The number of alkyl halides is 1. The van der Waals surface area contributed by atoms with E-state index in [-0.39, 0.29) is 0 Å². The summed E-state index contributed by atoms with van der Waals surface area (Å²) >= 11 is 10.4. The summed E-state index contributed by atoms with van der Waals surface area (Å²) in [5.41, 5.74) is 1.19. The van der Waals surface area contributed by atoms with Gasteiger partial charge in [-0.25, -0.2) is 0 Å².